The second kappa shape index (κ2) is 9.23. The van der Waals surface area contributed by atoms with Crippen molar-refractivity contribution in [2.75, 3.05) is 20.1 Å². The minimum absolute atomic E-state index is 0. The van der Waals surface area contributed by atoms with Gasteiger partial charge in [0, 0.05) is 12.1 Å². The number of fused-ring (bicyclic) bond motifs is 1. The molecule has 156 valence electrons. The first kappa shape index (κ1) is 22.6. The van der Waals surface area contributed by atoms with E-state index in [1.165, 1.54) is 24.3 Å². The molecule has 2 heterocycles. The third-order valence-electron chi connectivity index (χ3n) is 4.26. The molecular formula is C19H20ClF3N4O2. The Balaban J connectivity index is 0.00000300. The summed E-state index contributed by atoms with van der Waals surface area (Å²) in [4.78, 5) is 16.9. The fourth-order valence-electron chi connectivity index (χ4n) is 2.93. The van der Waals surface area contributed by atoms with Crippen molar-refractivity contribution in [2.24, 2.45) is 0 Å². The lowest BCUT2D eigenvalue weighted by atomic mass is 10.0. The number of aromatic nitrogens is 2. The van der Waals surface area contributed by atoms with Gasteiger partial charge in [0.1, 0.15) is 0 Å². The van der Waals surface area contributed by atoms with Gasteiger partial charge in [0.2, 0.25) is 0 Å². The lowest BCUT2D eigenvalue weighted by Gasteiger charge is -2.13. The first-order valence-electron chi connectivity index (χ1n) is 8.69. The normalized spacial score (nSPS) is 11.3. The topological polar surface area (TPSA) is 80.0 Å². The smallest absolute Gasteiger partial charge is 0.352 e. The van der Waals surface area contributed by atoms with Crippen LogP contribution in [0.25, 0.3) is 22.4 Å². The molecule has 2 N–H and O–H groups in total. The van der Waals surface area contributed by atoms with Crippen LogP contribution in [0.5, 0.6) is 0 Å². The van der Waals surface area contributed by atoms with Crippen molar-refractivity contribution < 1.29 is 22.5 Å². The summed E-state index contributed by atoms with van der Waals surface area (Å²) in [5.74, 6) is -0.416. The molecule has 10 heteroatoms. The molecule has 3 aromatic rings. The number of alkyl halides is 3. The van der Waals surface area contributed by atoms with Gasteiger partial charge >= 0.3 is 6.18 Å². The van der Waals surface area contributed by atoms with E-state index in [9.17, 15) is 18.0 Å². The molecule has 29 heavy (non-hydrogen) atoms. The number of nitrogens with one attached hydrogen (secondary N) is 2. The Bertz CT molecular complexity index is 1000. The zero-order valence-electron chi connectivity index (χ0n) is 15.8. The minimum atomic E-state index is -4.56. The van der Waals surface area contributed by atoms with Crippen LogP contribution >= 0.6 is 12.4 Å². The average Bonchev–Trinajstić information content (AvgIpc) is 3.04. The summed E-state index contributed by atoms with van der Waals surface area (Å²) in [6.45, 7) is 2.79. The number of amides is 1. The van der Waals surface area contributed by atoms with Crippen LogP contribution in [-0.4, -0.2) is 36.2 Å². The molecule has 6 nitrogen and oxygen atoms in total. The maximum atomic E-state index is 13.4. The van der Waals surface area contributed by atoms with Crippen molar-refractivity contribution in [1.29, 1.82) is 0 Å². The molecule has 0 aliphatic carbocycles. The van der Waals surface area contributed by atoms with Gasteiger partial charge in [0.25, 0.3) is 11.6 Å². The highest BCUT2D eigenvalue weighted by Crippen LogP contribution is 2.37. The predicted molar refractivity (Wildman–Crippen MR) is 105 cm³/mol. The summed E-state index contributed by atoms with van der Waals surface area (Å²) in [7, 11) is 1.80. The lowest BCUT2D eigenvalue weighted by molar-refractivity contribution is -0.137. The number of hydrogen-bond acceptors (Lipinski definition) is 5. The van der Waals surface area contributed by atoms with Crippen molar-refractivity contribution >= 4 is 29.4 Å². The second-order valence-corrected chi connectivity index (χ2v) is 6.26. The van der Waals surface area contributed by atoms with E-state index in [0.717, 1.165) is 12.6 Å². The number of carbonyl (C=O) groups is 1. The Labute approximate surface area is 171 Å². The monoisotopic (exact) mass is 428 g/mol. The molecule has 1 amide bonds. The van der Waals surface area contributed by atoms with E-state index in [1.54, 1.807) is 14.0 Å². The Morgan fingerprint density at radius 3 is 2.62 bits per heavy atom. The van der Waals surface area contributed by atoms with Crippen molar-refractivity contribution in [2.45, 2.75) is 19.5 Å². The van der Waals surface area contributed by atoms with Crippen LogP contribution < -0.4 is 10.6 Å². The molecule has 1 aromatic carbocycles. The van der Waals surface area contributed by atoms with E-state index < -0.39 is 17.6 Å². The number of nitrogens with zero attached hydrogens (tertiary/aromatic N) is 2. The largest absolute Gasteiger partial charge is 0.417 e. The third kappa shape index (κ3) is 4.86. The SMILES string of the molecule is CNCCCNC(=O)c1cc(-c2ccccc2C(F)(F)F)nc2onc(C)c12.Cl. The number of carbonyl (C=O) groups excluding carboxylic acids is 1. The van der Waals surface area contributed by atoms with Crippen LogP contribution in [0.4, 0.5) is 13.2 Å². The predicted octanol–water partition coefficient (Wildman–Crippen LogP) is 3.98. The summed E-state index contributed by atoms with van der Waals surface area (Å²) in [6.07, 6.45) is -3.84. The van der Waals surface area contributed by atoms with Crippen LogP contribution in [0.3, 0.4) is 0 Å². The molecule has 2 aromatic heterocycles. The highest BCUT2D eigenvalue weighted by Gasteiger charge is 2.34. The van der Waals surface area contributed by atoms with Gasteiger partial charge in [-0.3, -0.25) is 4.79 Å². The van der Waals surface area contributed by atoms with Gasteiger partial charge in [-0.2, -0.15) is 13.2 Å². The van der Waals surface area contributed by atoms with E-state index in [1.807, 2.05) is 0 Å². The number of hydrogen-bond donors (Lipinski definition) is 2. The van der Waals surface area contributed by atoms with Gasteiger partial charge in [-0.1, -0.05) is 23.4 Å². The lowest BCUT2D eigenvalue weighted by Crippen LogP contribution is -2.27. The average molecular weight is 429 g/mol. The maximum Gasteiger partial charge on any atom is 0.417 e. The molecule has 0 radical (unpaired) electrons. The Morgan fingerprint density at radius 1 is 1.21 bits per heavy atom. The molecule has 0 unspecified atom stereocenters. The molecule has 0 aliphatic rings. The first-order valence-corrected chi connectivity index (χ1v) is 8.69. The molecule has 0 aliphatic heterocycles. The molecule has 3 rings (SSSR count). The number of rotatable bonds is 6. The summed E-state index contributed by atoms with van der Waals surface area (Å²) in [5.41, 5.74) is -0.323. The Morgan fingerprint density at radius 2 is 1.93 bits per heavy atom. The third-order valence-corrected chi connectivity index (χ3v) is 4.26. The highest BCUT2D eigenvalue weighted by molar-refractivity contribution is 6.07. The van der Waals surface area contributed by atoms with E-state index >= 15 is 0 Å². The highest BCUT2D eigenvalue weighted by atomic mass is 35.5. The van der Waals surface area contributed by atoms with E-state index in [2.05, 4.69) is 20.8 Å². The Hall–Kier alpha value is -2.65. The molecule has 0 bridgehead atoms. The van der Waals surface area contributed by atoms with Crippen LogP contribution in [0.15, 0.2) is 34.9 Å². The number of pyridine rings is 1. The standard InChI is InChI=1S/C19H19F3N4O2.ClH/c1-11-16-13(17(27)24-9-5-8-23-2)10-15(25-18(16)28-26-11)12-6-3-4-7-14(12)19(20,21)22;/h3-4,6-7,10,23H,5,8-9H2,1-2H3,(H,24,27);1H. The van der Waals surface area contributed by atoms with Crippen molar-refractivity contribution in [1.82, 2.24) is 20.8 Å². The molecular weight excluding hydrogens is 409 g/mol. The summed E-state index contributed by atoms with van der Waals surface area (Å²) in [6, 6.07) is 6.43. The van der Waals surface area contributed by atoms with Gasteiger partial charge in [0.15, 0.2) is 0 Å². The van der Waals surface area contributed by atoms with E-state index in [0.29, 0.717) is 24.0 Å². The molecule has 0 saturated heterocycles. The zero-order chi connectivity index (χ0) is 20.3. The fourth-order valence-corrected chi connectivity index (χ4v) is 2.93. The van der Waals surface area contributed by atoms with Gasteiger partial charge in [0.05, 0.1) is 27.9 Å². The van der Waals surface area contributed by atoms with Gasteiger partial charge in [-0.15, -0.1) is 12.4 Å². The van der Waals surface area contributed by atoms with E-state index in [-0.39, 0.29) is 34.9 Å². The summed E-state index contributed by atoms with van der Waals surface area (Å²) >= 11 is 0. The molecule has 0 atom stereocenters. The van der Waals surface area contributed by atoms with E-state index in [4.69, 9.17) is 4.52 Å². The molecule has 0 spiro atoms. The van der Waals surface area contributed by atoms with Crippen molar-refractivity contribution in [3.8, 4) is 11.3 Å². The molecule has 0 saturated carbocycles. The maximum absolute atomic E-state index is 13.4. The second-order valence-electron chi connectivity index (χ2n) is 6.26. The summed E-state index contributed by atoms with van der Waals surface area (Å²) < 4.78 is 45.3. The van der Waals surface area contributed by atoms with Crippen LogP contribution in [-0.2, 0) is 6.18 Å². The summed E-state index contributed by atoms with van der Waals surface area (Å²) in [5, 5.41) is 9.94. The van der Waals surface area contributed by atoms with Crippen molar-refractivity contribution in [3.05, 3.63) is 47.2 Å². The van der Waals surface area contributed by atoms with Gasteiger partial charge < -0.3 is 15.2 Å². The van der Waals surface area contributed by atoms with Crippen LogP contribution in [0.2, 0.25) is 0 Å². The zero-order valence-corrected chi connectivity index (χ0v) is 16.6. The number of benzene rings is 1. The first-order chi connectivity index (χ1) is 13.3. The minimum Gasteiger partial charge on any atom is -0.352 e. The van der Waals surface area contributed by atoms with Gasteiger partial charge in [-0.25, -0.2) is 4.98 Å². The number of aryl methyl sites for hydroxylation is 1. The van der Waals surface area contributed by atoms with Crippen LogP contribution in [0, 0.1) is 6.92 Å². The van der Waals surface area contributed by atoms with Gasteiger partial charge in [-0.05, 0) is 39.1 Å². The molecule has 0 fully saturated rings. The quantitative estimate of drug-likeness (QED) is 0.580. The van der Waals surface area contributed by atoms with Crippen molar-refractivity contribution in [3.63, 3.8) is 0 Å². The van der Waals surface area contributed by atoms with Crippen LogP contribution in [0.1, 0.15) is 28.0 Å². The number of halogens is 4. The fraction of sp³-hybridized carbons (Fsp3) is 0.316. The Kier molecular flexibility index (Phi) is 7.21.